The highest BCUT2D eigenvalue weighted by molar-refractivity contribution is 5.93. The Hall–Kier alpha value is -2.96. The van der Waals surface area contributed by atoms with Crippen LogP contribution in [0.3, 0.4) is 0 Å². The van der Waals surface area contributed by atoms with E-state index in [1.807, 2.05) is 29.2 Å². The quantitative estimate of drug-likeness (QED) is 0.686. The minimum Gasteiger partial charge on any atom is -0.477 e. The van der Waals surface area contributed by atoms with Gasteiger partial charge in [-0.2, -0.15) is 0 Å². The van der Waals surface area contributed by atoms with Gasteiger partial charge in [0.25, 0.3) is 0 Å². The average Bonchev–Trinajstić information content (AvgIpc) is 2.90. The van der Waals surface area contributed by atoms with Crippen LogP contribution < -0.4 is 4.90 Å². The van der Waals surface area contributed by atoms with Crippen LogP contribution in [0, 0.1) is 10.1 Å². The predicted molar refractivity (Wildman–Crippen MR) is 74.2 cm³/mol. The molecule has 0 unspecified atom stereocenters. The Kier molecular flexibility index (Phi) is 3.02. The molecule has 21 heavy (non-hydrogen) atoms. The Labute approximate surface area is 119 Å². The molecular weight excluding hydrogens is 274 g/mol. The second-order valence-electron chi connectivity index (χ2n) is 4.75. The molecule has 3 rings (SSSR count). The van der Waals surface area contributed by atoms with Gasteiger partial charge in [0.2, 0.25) is 0 Å². The lowest BCUT2D eigenvalue weighted by atomic mass is 10.1. The van der Waals surface area contributed by atoms with E-state index in [1.165, 1.54) is 6.07 Å². The number of nitro groups is 1. The molecule has 106 valence electrons. The van der Waals surface area contributed by atoms with Crippen molar-refractivity contribution in [2.24, 2.45) is 0 Å². The van der Waals surface area contributed by atoms with Crippen molar-refractivity contribution in [2.75, 3.05) is 4.90 Å². The summed E-state index contributed by atoms with van der Waals surface area (Å²) in [5.74, 6) is -0.906. The number of rotatable bonds is 3. The van der Waals surface area contributed by atoms with Crippen LogP contribution in [-0.4, -0.2) is 21.0 Å². The van der Waals surface area contributed by atoms with Crippen LogP contribution in [0.2, 0.25) is 0 Å². The van der Waals surface area contributed by atoms with Crippen molar-refractivity contribution in [1.82, 2.24) is 4.98 Å². The molecule has 0 spiro atoms. The standard InChI is InChI=1S/C14H11N3O4/c18-14(19)11-5-13(15-6-12(11)17(20)21)16-7-9-3-1-2-4-10(9)8-16/h1-6H,7-8H2,(H,18,19). The van der Waals surface area contributed by atoms with E-state index < -0.39 is 16.6 Å². The number of anilines is 1. The van der Waals surface area contributed by atoms with E-state index in [2.05, 4.69) is 4.98 Å². The second-order valence-corrected chi connectivity index (χ2v) is 4.75. The first kappa shape index (κ1) is 13.0. The highest BCUT2D eigenvalue weighted by Gasteiger charge is 2.25. The third-order valence-electron chi connectivity index (χ3n) is 3.46. The number of pyridine rings is 1. The largest absolute Gasteiger partial charge is 0.477 e. The summed E-state index contributed by atoms with van der Waals surface area (Å²) in [7, 11) is 0. The van der Waals surface area contributed by atoms with Gasteiger partial charge in [0.1, 0.15) is 17.6 Å². The first-order valence-electron chi connectivity index (χ1n) is 6.25. The predicted octanol–water partition coefficient (Wildman–Crippen LogP) is 2.21. The van der Waals surface area contributed by atoms with Gasteiger partial charge in [0.05, 0.1) is 4.92 Å². The number of hydrogen-bond donors (Lipinski definition) is 1. The maximum atomic E-state index is 11.2. The van der Waals surface area contributed by atoms with E-state index in [0.29, 0.717) is 18.9 Å². The lowest BCUT2D eigenvalue weighted by Gasteiger charge is -2.16. The topological polar surface area (TPSA) is 96.6 Å². The second kappa shape index (κ2) is 4.86. The van der Waals surface area contributed by atoms with Gasteiger partial charge >= 0.3 is 11.7 Å². The molecule has 0 amide bonds. The van der Waals surface area contributed by atoms with Gasteiger partial charge in [-0.05, 0) is 11.1 Å². The summed E-state index contributed by atoms with van der Waals surface area (Å²) in [5, 5.41) is 19.9. The molecule has 0 saturated heterocycles. The molecule has 7 nitrogen and oxygen atoms in total. The summed E-state index contributed by atoms with van der Waals surface area (Å²) in [6, 6.07) is 9.13. The maximum Gasteiger partial charge on any atom is 0.342 e. The zero-order chi connectivity index (χ0) is 15.0. The average molecular weight is 285 g/mol. The highest BCUT2D eigenvalue weighted by Crippen LogP contribution is 2.29. The Morgan fingerprint density at radius 2 is 1.90 bits per heavy atom. The maximum absolute atomic E-state index is 11.2. The van der Waals surface area contributed by atoms with Crippen LogP contribution in [0.5, 0.6) is 0 Å². The molecule has 1 aliphatic heterocycles. The summed E-state index contributed by atoms with van der Waals surface area (Å²) in [5.41, 5.74) is 1.45. The van der Waals surface area contributed by atoms with Crippen LogP contribution in [0.25, 0.3) is 0 Å². The molecule has 7 heteroatoms. The lowest BCUT2D eigenvalue weighted by molar-refractivity contribution is -0.385. The summed E-state index contributed by atoms with van der Waals surface area (Å²) in [4.78, 5) is 27.2. The molecule has 0 radical (unpaired) electrons. The van der Waals surface area contributed by atoms with Gasteiger partial charge < -0.3 is 10.0 Å². The third kappa shape index (κ3) is 2.29. The minimum atomic E-state index is -1.33. The molecule has 0 atom stereocenters. The molecule has 0 bridgehead atoms. The fourth-order valence-electron chi connectivity index (χ4n) is 2.42. The van der Waals surface area contributed by atoms with Crippen LogP contribution >= 0.6 is 0 Å². The molecule has 2 heterocycles. The Morgan fingerprint density at radius 1 is 1.29 bits per heavy atom. The molecule has 0 aliphatic carbocycles. The minimum absolute atomic E-state index is 0.346. The van der Waals surface area contributed by atoms with Crippen LogP contribution in [0.1, 0.15) is 21.5 Å². The molecule has 0 fully saturated rings. The van der Waals surface area contributed by atoms with Crippen molar-refractivity contribution in [3.63, 3.8) is 0 Å². The molecule has 0 saturated carbocycles. The number of hydrogen-bond acceptors (Lipinski definition) is 5. The molecule has 1 aromatic carbocycles. The number of carbonyl (C=O) groups is 1. The van der Waals surface area contributed by atoms with Crippen LogP contribution in [-0.2, 0) is 13.1 Å². The highest BCUT2D eigenvalue weighted by atomic mass is 16.6. The van der Waals surface area contributed by atoms with Crippen molar-refractivity contribution in [1.29, 1.82) is 0 Å². The summed E-state index contributed by atoms with van der Waals surface area (Å²) in [6.07, 6.45) is 1.00. The van der Waals surface area contributed by atoms with Gasteiger partial charge in [-0.1, -0.05) is 24.3 Å². The van der Waals surface area contributed by atoms with E-state index >= 15 is 0 Å². The van der Waals surface area contributed by atoms with Gasteiger partial charge in [-0.3, -0.25) is 10.1 Å². The number of carboxylic acid groups (broad SMARTS) is 1. The zero-order valence-electron chi connectivity index (χ0n) is 10.9. The first-order chi connectivity index (χ1) is 10.1. The van der Waals surface area contributed by atoms with Crippen LogP contribution in [0.15, 0.2) is 36.5 Å². The molecule has 1 aliphatic rings. The van der Waals surface area contributed by atoms with E-state index in [9.17, 15) is 14.9 Å². The Balaban J connectivity index is 1.96. The van der Waals surface area contributed by atoms with E-state index in [-0.39, 0.29) is 5.56 Å². The summed E-state index contributed by atoms with van der Waals surface area (Å²) < 4.78 is 0. The normalized spacial score (nSPS) is 13.0. The number of nitrogens with zero attached hydrogens (tertiary/aromatic N) is 3. The zero-order valence-corrected chi connectivity index (χ0v) is 10.9. The van der Waals surface area contributed by atoms with Crippen molar-refractivity contribution in [3.05, 3.63) is 63.3 Å². The van der Waals surface area contributed by atoms with Crippen molar-refractivity contribution >= 4 is 17.5 Å². The van der Waals surface area contributed by atoms with Gasteiger partial charge in [-0.25, -0.2) is 9.78 Å². The fraction of sp³-hybridized carbons (Fsp3) is 0.143. The lowest BCUT2D eigenvalue weighted by Crippen LogP contribution is -2.17. The van der Waals surface area contributed by atoms with Crippen molar-refractivity contribution in [2.45, 2.75) is 13.1 Å². The van der Waals surface area contributed by atoms with E-state index in [0.717, 1.165) is 17.3 Å². The SMILES string of the molecule is O=C(O)c1cc(N2Cc3ccccc3C2)ncc1[N+](=O)[O-]. The first-order valence-corrected chi connectivity index (χ1v) is 6.25. The monoisotopic (exact) mass is 285 g/mol. The van der Waals surface area contributed by atoms with Crippen molar-refractivity contribution in [3.8, 4) is 0 Å². The number of carboxylic acids is 1. The molecular formula is C14H11N3O4. The van der Waals surface area contributed by atoms with Gasteiger partial charge in [0.15, 0.2) is 0 Å². The summed E-state index contributed by atoms with van der Waals surface area (Å²) >= 11 is 0. The van der Waals surface area contributed by atoms with E-state index in [1.54, 1.807) is 0 Å². The van der Waals surface area contributed by atoms with E-state index in [4.69, 9.17) is 5.11 Å². The number of benzene rings is 1. The van der Waals surface area contributed by atoms with Gasteiger partial charge in [0, 0.05) is 19.2 Å². The Morgan fingerprint density at radius 3 is 2.43 bits per heavy atom. The fourth-order valence-corrected chi connectivity index (χ4v) is 2.42. The Bertz CT molecular complexity index is 720. The third-order valence-corrected chi connectivity index (χ3v) is 3.46. The number of aromatic nitrogens is 1. The molecule has 1 N–H and O–H groups in total. The number of fused-ring (bicyclic) bond motifs is 1. The number of aromatic carboxylic acids is 1. The molecule has 1 aromatic heterocycles. The van der Waals surface area contributed by atoms with Gasteiger partial charge in [-0.15, -0.1) is 0 Å². The summed E-state index contributed by atoms with van der Waals surface area (Å²) in [6.45, 7) is 1.22. The van der Waals surface area contributed by atoms with Crippen molar-refractivity contribution < 1.29 is 14.8 Å². The smallest absolute Gasteiger partial charge is 0.342 e. The molecule has 2 aromatic rings. The van der Waals surface area contributed by atoms with Crippen LogP contribution in [0.4, 0.5) is 11.5 Å².